The fourth-order valence-electron chi connectivity index (χ4n) is 3.41. The van der Waals surface area contributed by atoms with Crippen molar-refractivity contribution in [3.05, 3.63) is 84.7 Å². The van der Waals surface area contributed by atoms with Gasteiger partial charge in [-0.1, -0.05) is 42.1 Å². The van der Waals surface area contributed by atoms with Gasteiger partial charge in [-0.05, 0) is 48.9 Å². The predicted octanol–water partition coefficient (Wildman–Crippen LogP) is 4.48. The van der Waals surface area contributed by atoms with Crippen molar-refractivity contribution in [3.8, 4) is 22.8 Å². The number of rotatable bonds is 9. The number of amides is 1. The SMILES string of the molecule is CCN(Cc1ccccc1)C(=O)CSc1nnc(-c2ccncc2)n1-c1ccc(OC)cc1. The van der Waals surface area contributed by atoms with Gasteiger partial charge in [-0.25, -0.2) is 0 Å². The summed E-state index contributed by atoms with van der Waals surface area (Å²) in [5, 5.41) is 9.48. The van der Waals surface area contributed by atoms with E-state index in [1.54, 1.807) is 19.5 Å². The van der Waals surface area contributed by atoms with Gasteiger partial charge in [0.2, 0.25) is 5.91 Å². The molecule has 0 aliphatic heterocycles. The van der Waals surface area contributed by atoms with Crippen molar-refractivity contribution < 1.29 is 9.53 Å². The highest BCUT2D eigenvalue weighted by Gasteiger charge is 2.19. The molecule has 0 N–H and O–H groups in total. The topological polar surface area (TPSA) is 73.1 Å². The maximum absolute atomic E-state index is 13.0. The first-order valence-electron chi connectivity index (χ1n) is 10.6. The van der Waals surface area contributed by atoms with Crippen molar-refractivity contribution in [2.75, 3.05) is 19.4 Å². The molecular weight excluding hydrogens is 434 g/mol. The van der Waals surface area contributed by atoms with Crippen molar-refractivity contribution in [3.63, 3.8) is 0 Å². The summed E-state index contributed by atoms with van der Waals surface area (Å²) in [7, 11) is 1.64. The van der Waals surface area contributed by atoms with Crippen LogP contribution in [0, 0.1) is 0 Å². The summed E-state index contributed by atoms with van der Waals surface area (Å²) >= 11 is 1.38. The number of ether oxygens (including phenoxy) is 1. The average molecular weight is 460 g/mol. The van der Waals surface area contributed by atoms with Gasteiger partial charge in [0.25, 0.3) is 0 Å². The van der Waals surface area contributed by atoms with Crippen molar-refractivity contribution in [1.82, 2.24) is 24.6 Å². The minimum atomic E-state index is 0.0566. The molecule has 168 valence electrons. The van der Waals surface area contributed by atoms with Crippen molar-refractivity contribution in [1.29, 1.82) is 0 Å². The van der Waals surface area contributed by atoms with Crippen LogP contribution in [0.4, 0.5) is 0 Å². The van der Waals surface area contributed by atoms with Crippen LogP contribution in [-0.4, -0.2) is 50.0 Å². The fourth-order valence-corrected chi connectivity index (χ4v) is 4.27. The number of aromatic nitrogens is 4. The van der Waals surface area contributed by atoms with Crippen LogP contribution in [0.2, 0.25) is 0 Å². The van der Waals surface area contributed by atoms with Gasteiger partial charge in [0.15, 0.2) is 11.0 Å². The Bertz CT molecular complexity index is 1180. The smallest absolute Gasteiger partial charge is 0.233 e. The first-order chi connectivity index (χ1) is 16.2. The van der Waals surface area contributed by atoms with E-state index in [4.69, 9.17) is 4.74 Å². The molecule has 0 radical (unpaired) electrons. The molecule has 2 aromatic heterocycles. The molecule has 0 fully saturated rings. The quantitative estimate of drug-likeness (QED) is 0.344. The third-order valence-corrected chi connectivity index (χ3v) is 6.09. The molecule has 0 aliphatic carbocycles. The lowest BCUT2D eigenvalue weighted by molar-refractivity contribution is -0.128. The van der Waals surface area contributed by atoms with Gasteiger partial charge < -0.3 is 9.64 Å². The van der Waals surface area contributed by atoms with Crippen molar-refractivity contribution in [2.45, 2.75) is 18.6 Å². The van der Waals surface area contributed by atoms with E-state index in [9.17, 15) is 4.79 Å². The summed E-state index contributed by atoms with van der Waals surface area (Å²) in [4.78, 5) is 18.9. The summed E-state index contributed by atoms with van der Waals surface area (Å²) in [6, 6.07) is 21.5. The number of carbonyl (C=O) groups is 1. The molecule has 0 unspecified atom stereocenters. The zero-order valence-corrected chi connectivity index (χ0v) is 19.4. The maximum Gasteiger partial charge on any atom is 0.233 e. The molecule has 2 aromatic carbocycles. The van der Waals surface area contributed by atoms with Crippen LogP contribution in [0.25, 0.3) is 17.1 Å². The number of hydrogen-bond donors (Lipinski definition) is 0. The summed E-state index contributed by atoms with van der Waals surface area (Å²) in [6.45, 7) is 3.22. The summed E-state index contributed by atoms with van der Waals surface area (Å²) in [6.07, 6.45) is 3.45. The lowest BCUT2D eigenvalue weighted by Gasteiger charge is -2.21. The van der Waals surface area contributed by atoms with Crippen LogP contribution in [0.1, 0.15) is 12.5 Å². The number of hydrogen-bond acceptors (Lipinski definition) is 6. The number of nitrogens with zero attached hydrogens (tertiary/aromatic N) is 5. The minimum Gasteiger partial charge on any atom is -0.497 e. The highest BCUT2D eigenvalue weighted by molar-refractivity contribution is 7.99. The molecule has 0 saturated heterocycles. The number of methoxy groups -OCH3 is 1. The second-order valence-corrected chi connectivity index (χ2v) is 8.20. The van der Waals surface area contributed by atoms with Gasteiger partial charge in [-0.15, -0.1) is 10.2 Å². The number of carbonyl (C=O) groups excluding carboxylic acids is 1. The van der Waals surface area contributed by atoms with Gasteiger partial charge in [-0.3, -0.25) is 14.3 Å². The molecule has 0 bridgehead atoms. The number of pyridine rings is 1. The highest BCUT2D eigenvalue weighted by atomic mass is 32.2. The van der Waals surface area contributed by atoms with Crippen LogP contribution in [0.5, 0.6) is 5.75 Å². The van der Waals surface area contributed by atoms with E-state index in [-0.39, 0.29) is 11.7 Å². The third-order valence-electron chi connectivity index (χ3n) is 5.18. The summed E-state index contributed by atoms with van der Waals surface area (Å²) < 4.78 is 7.25. The second kappa shape index (κ2) is 10.8. The van der Waals surface area contributed by atoms with E-state index in [0.29, 0.717) is 24.1 Å². The molecule has 4 aromatic rings. The third kappa shape index (κ3) is 5.40. The summed E-state index contributed by atoms with van der Waals surface area (Å²) in [5.74, 6) is 1.78. The van der Waals surface area contributed by atoms with Crippen LogP contribution in [0.3, 0.4) is 0 Å². The van der Waals surface area contributed by atoms with Gasteiger partial charge in [0.1, 0.15) is 5.75 Å². The van der Waals surface area contributed by atoms with Gasteiger partial charge in [-0.2, -0.15) is 0 Å². The molecule has 4 rings (SSSR count). The van der Waals surface area contributed by atoms with E-state index in [0.717, 1.165) is 22.6 Å². The Kier molecular flexibility index (Phi) is 7.36. The Balaban J connectivity index is 1.58. The highest BCUT2D eigenvalue weighted by Crippen LogP contribution is 2.29. The first-order valence-corrected chi connectivity index (χ1v) is 11.6. The van der Waals surface area contributed by atoms with Crippen LogP contribution < -0.4 is 4.74 Å². The Morgan fingerprint density at radius 3 is 2.39 bits per heavy atom. The Morgan fingerprint density at radius 1 is 1.00 bits per heavy atom. The normalized spacial score (nSPS) is 10.7. The molecule has 2 heterocycles. The number of thioether (sulfide) groups is 1. The predicted molar refractivity (Wildman–Crippen MR) is 129 cm³/mol. The van der Waals surface area contributed by atoms with Gasteiger partial charge in [0, 0.05) is 36.7 Å². The maximum atomic E-state index is 13.0. The molecule has 33 heavy (non-hydrogen) atoms. The molecule has 0 saturated carbocycles. The first kappa shape index (κ1) is 22.5. The number of benzene rings is 2. The zero-order valence-electron chi connectivity index (χ0n) is 18.6. The van der Waals surface area contributed by atoms with E-state index < -0.39 is 0 Å². The van der Waals surface area contributed by atoms with Crippen molar-refractivity contribution in [2.24, 2.45) is 0 Å². The van der Waals surface area contributed by atoms with E-state index in [1.165, 1.54) is 11.8 Å². The zero-order chi connectivity index (χ0) is 23.0. The molecule has 0 spiro atoms. The lowest BCUT2D eigenvalue weighted by atomic mass is 10.2. The Morgan fingerprint density at radius 2 is 1.73 bits per heavy atom. The lowest BCUT2D eigenvalue weighted by Crippen LogP contribution is -2.31. The monoisotopic (exact) mass is 459 g/mol. The Labute approximate surface area is 197 Å². The standard InChI is InChI=1S/C25H25N5O2S/c1-3-29(17-19-7-5-4-6-8-19)23(31)18-33-25-28-27-24(20-13-15-26-16-14-20)30(25)21-9-11-22(32-2)12-10-21/h4-16H,3,17-18H2,1-2H3. The fraction of sp³-hybridized carbons (Fsp3) is 0.200. The van der Waals surface area contributed by atoms with E-state index in [1.807, 2.05) is 83.1 Å². The van der Waals surface area contributed by atoms with Crippen molar-refractivity contribution >= 4 is 17.7 Å². The second-order valence-electron chi connectivity index (χ2n) is 7.26. The molecule has 7 nitrogen and oxygen atoms in total. The van der Waals surface area contributed by atoms with Crippen LogP contribution >= 0.6 is 11.8 Å². The average Bonchev–Trinajstić information content (AvgIpc) is 3.31. The molecule has 8 heteroatoms. The van der Waals surface area contributed by atoms with E-state index >= 15 is 0 Å². The molecule has 1 amide bonds. The largest absolute Gasteiger partial charge is 0.497 e. The Hall–Kier alpha value is -3.65. The van der Waals surface area contributed by atoms with Gasteiger partial charge >= 0.3 is 0 Å². The minimum absolute atomic E-state index is 0.0566. The van der Waals surface area contributed by atoms with Crippen LogP contribution in [-0.2, 0) is 11.3 Å². The van der Waals surface area contributed by atoms with Crippen LogP contribution in [0.15, 0.2) is 84.3 Å². The van der Waals surface area contributed by atoms with E-state index in [2.05, 4.69) is 15.2 Å². The van der Waals surface area contributed by atoms with Gasteiger partial charge in [0.05, 0.1) is 12.9 Å². The molecule has 0 aliphatic rings. The summed E-state index contributed by atoms with van der Waals surface area (Å²) in [5.41, 5.74) is 2.89. The molecular formula is C25H25N5O2S. The molecule has 0 atom stereocenters.